The van der Waals surface area contributed by atoms with E-state index in [-0.39, 0.29) is 32.7 Å². The van der Waals surface area contributed by atoms with Gasteiger partial charge in [-0.1, -0.05) is 217 Å². The van der Waals surface area contributed by atoms with Crippen molar-refractivity contribution in [3.8, 4) is 0 Å². The van der Waals surface area contributed by atoms with Gasteiger partial charge in [-0.05, 0) is 96.3 Å². The number of carboxylic acids is 1. The normalized spacial score (nSPS) is 13.9. The predicted molar refractivity (Wildman–Crippen MR) is 306 cm³/mol. The van der Waals surface area contributed by atoms with Crippen LogP contribution in [0.5, 0.6) is 0 Å². The smallest absolute Gasteiger partial charge is 0.309 e. The zero-order valence-electron chi connectivity index (χ0n) is 46.4. The number of allylic oxidation sites excluding steroid dienone is 23. The second kappa shape index (κ2) is 53.5. The minimum Gasteiger partial charge on any atom is -0.545 e. The number of quaternary nitrogens is 1. The van der Waals surface area contributed by atoms with Crippen LogP contribution in [0, 0.1) is 0 Å². The Kier molecular flexibility index (Phi) is 49.9. The van der Waals surface area contributed by atoms with Crippen LogP contribution in [0.15, 0.2) is 146 Å². The number of hydrogen-bond acceptors (Lipinski definition) is 8. The molecule has 73 heavy (non-hydrogen) atoms. The standard InChI is InChI=1S/C64H101NO8/c1-6-8-10-12-14-16-18-20-22-23-24-25-26-27-28-29-30-31-32-33-34-35-36-37-38-39-41-43-45-47-49-51-53-55-62(67)73-60(59-72-64(63(68)69)70-57-56-65(3,4)5)58-71-61(66)54-52-50-48-46-44-42-40-21-19-17-15-13-11-9-7-2/h8-11,14-17,20-22,24-25,27-28,30-31,33-34,40,44,46,50,52,60,64H,6-7,12-13,18-19,23,26,29,32,35-39,41-43,45,47-49,51,53-59H2,1-5H3/b10-8-,11-9-,16-14-,17-15-,22-20-,25-24-,28-27-,31-30-,34-33-,40-21-,46-44-,52-50-. The van der Waals surface area contributed by atoms with E-state index in [9.17, 15) is 19.5 Å². The number of unbranched alkanes of at least 4 members (excludes halogenated alkanes) is 11. The van der Waals surface area contributed by atoms with E-state index in [1.54, 1.807) is 6.08 Å². The third kappa shape index (κ3) is 54.8. The largest absolute Gasteiger partial charge is 0.545 e. The summed E-state index contributed by atoms with van der Waals surface area (Å²) >= 11 is 0. The number of ether oxygens (including phenoxy) is 4. The van der Waals surface area contributed by atoms with Crippen LogP contribution in [-0.2, 0) is 33.3 Å². The lowest BCUT2D eigenvalue weighted by molar-refractivity contribution is -0.870. The molecule has 0 amide bonds. The number of esters is 2. The fourth-order valence-corrected chi connectivity index (χ4v) is 6.88. The first-order chi connectivity index (χ1) is 35.6. The van der Waals surface area contributed by atoms with Gasteiger partial charge in [0.2, 0.25) is 0 Å². The number of carbonyl (C=O) groups is 3. The highest BCUT2D eigenvalue weighted by Gasteiger charge is 2.21. The van der Waals surface area contributed by atoms with Crippen molar-refractivity contribution in [3.05, 3.63) is 146 Å². The SMILES string of the molecule is CC/C=C\C/C=C\C/C=C\C/C=C\C/C=C\C/C=C\C/C=C\CCCCCCCCCCCCCC(=O)OC(COC(=O)C/C=C\C/C=C\C/C=C\C/C=C\C/C=C\CC)COC(OCC[N+](C)(C)C)C(=O)[O-]. The molecule has 0 spiro atoms. The Balaban J connectivity index is 4.29. The molecule has 0 aliphatic heterocycles. The zero-order chi connectivity index (χ0) is 53.4. The average Bonchev–Trinajstić information content (AvgIpc) is 3.36. The number of nitrogens with zero attached hydrogens (tertiary/aromatic N) is 1. The summed E-state index contributed by atoms with van der Waals surface area (Å²) < 4.78 is 22.5. The van der Waals surface area contributed by atoms with E-state index in [1.165, 1.54) is 44.9 Å². The second-order valence-electron chi connectivity index (χ2n) is 19.1. The van der Waals surface area contributed by atoms with E-state index >= 15 is 0 Å². The Morgan fingerprint density at radius 3 is 1.16 bits per heavy atom. The van der Waals surface area contributed by atoms with E-state index in [2.05, 4.69) is 141 Å². The molecule has 0 bridgehead atoms. The van der Waals surface area contributed by atoms with Crippen LogP contribution in [0.4, 0.5) is 0 Å². The van der Waals surface area contributed by atoms with Gasteiger partial charge >= 0.3 is 11.9 Å². The topological polar surface area (TPSA) is 111 Å². The lowest BCUT2D eigenvalue weighted by atomic mass is 10.0. The van der Waals surface area contributed by atoms with Gasteiger partial charge in [-0.25, -0.2) is 0 Å². The van der Waals surface area contributed by atoms with Gasteiger partial charge in [-0.15, -0.1) is 0 Å². The van der Waals surface area contributed by atoms with Crippen molar-refractivity contribution in [2.24, 2.45) is 0 Å². The molecule has 2 unspecified atom stereocenters. The van der Waals surface area contributed by atoms with Gasteiger partial charge in [0.05, 0.1) is 46.7 Å². The van der Waals surface area contributed by atoms with Crippen LogP contribution < -0.4 is 5.11 Å². The molecule has 410 valence electrons. The molecule has 0 aromatic carbocycles. The molecule has 0 aliphatic rings. The highest BCUT2D eigenvalue weighted by Crippen LogP contribution is 2.14. The van der Waals surface area contributed by atoms with Crippen molar-refractivity contribution in [2.45, 2.75) is 193 Å². The van der Waals surface area contributed by atoms with Crippen molar-refractivity contribution in [1.29, 1.82) is 0 Å². The van der Waals surface area contributed by atoms with E-state index in [4.69, 9.17) is 18.9 Å². The maximum atomic E-state index is 12.8. The Morgan fingerprint density at radius 2 is 0.781 bits per heavy atom. The summed E-state index contributed by atoms with van der Waals surface area (Å²) in [6, 6.07) is 0. The first kappa shape index (κ1) is 68.2. The van der Waals surface area contributed by atoms with Crippen LogP contribution >= 0.6 is 0 Å². The Labute approximate surface area is 445 Å². The summed E-state index contributed by atoms with van der Waals surface area (Å²) in [5.41, 5.74) is 0. The zero-order valence-corrected chi connectivity index (χ0v) is 46.4. The van der Waals surface area contributed by atoms with Crippen molar-refractivity contribution in [1.82, 2.24) is 0 Å². The monoisotopic (exact) mass is 1010 g/mol. The first-order valence-corrected chi connectivity index (χ1v) is 28.0. The molecule has 9 nitrogen and oxygen atoms in total. The Bertz CT molecular complexity index is 1700. The molecule has 0 aliphatic carbocycles. The van der Waals surface area contributed by atoms with E-state index in [1.807, 2.05) is 33.3 Å². The van der Waals surface area contributed by atoms with Crippen molar-refractivity contribution >= 4 is 17.9 Å². The molecule has 0 radical (unpaired) electrons. The van der Waals surface area contributed by atoms with Crippen LogP contribution in [-0.4, -0.2) is 82.3 Å². The molecule has 9 heteroatoms. The predicted octanol–water partition coefficient (Wildman–Crippen LogP) is 15.1. The molecule has 0 N–H and O–H groups in total. The van der Waals surface area contributed by atoms with Gasteiger partial charge in [-0.3, -0.25) is 9.59 Å². The van der Waals surface area contributed by atoms with E-state index in [0.29, 0.717) is 23.9 Å². The molecule has 0 rings (SSSR count). The second-order valence-corrected chi connectivity index (χ2v) is 19.1. The Morgan fingerprint density at radius 1 is 0.425 bits per heavy atom. The molecule has 2 atom stereocenters. The molecular formula is C64H101NO8. The number of carbonyl (C=O) groups excluding carboxylic acids is 3. The van der Waals surface area contributed by atoms with Crippen LogP contribution in [0.3, 0.4) is 0 Å². The number of carboxylic acid groups (broad SMARTS) is 1. The summed E-state index contributed by atoms with van der Waals surface area (Å²) in [4.78, 5) is 37.1. The molecule has 0 fully saturated rings. The van der Waals surface area contributed by atoms with Crippen molar-refractivity contribution in [3.63, 3.8) is 0 Å². The van der Waals surface area contributed by atoms with Crippen LogP contribution in [0.1, 0.15) is 181 Å². The molecular weight excluding hydrogens is 911 g/mol. The van der Waals surface area contributed by atoms with E-state index < -0.39 is 30.3 Å². The molecule has 0 saturated carbocycles. The molecule has 0 heterocycles. The number of likely N-dealkylation sites (N-methyl/N-ethyl adjacent to an activating group) is 1. The highest BCUT2D eigenvalue weighted by atomic mass is 16.7. The van der Waals surface area contributed by atoms with Crippen LogP contribution in [0.25, 0.3) is 0 Å². The fraction of sp³-hybridized carbons (Fsp3) is 0.578. The van der Waals surface area contributed by atoms with Crippen molar-refractivity contribution in [2.75, 3.05) is 47.5 Å². The van der Waals surface area contributed by atoms with Crippen LogP contribution in [0.2, 0.25) is 0 Å². The summed E-state index contributed by atoms with van der Waals surface area (Å²) in [5.74, 6) is -2.47. The summed E-state index contributed by atoms with van der Waals surface area (Å²) in [7, 11) is 5.88. The summed E-state index contributed by atoms with van der Waals surface area (Å²) in [6.45, 7) is 4.37. The van der Waals surface area contributed by atoms with Gasteiger partial charge in [0.15, 0.2) is 12.4 Å². The molecule has 0 aromatic rings. The van der Waals surface area contributed by atoms with Gasteiger partial charge in [0.25, 0.3) is 0 Å². The first-order valence-electron chi connectivity index (χ1n) is 28.0. The number of rotatable bonds is 49. The van der Waals surface area contributed by atoms with Crippen molar-refractivity contribution < 1.29 is 42.9 Å². The number of aliphatic carboxylic acids is 1. The summed E-state index contributed by atoms with van der Waals surface area (Å²) in [5, 5.41) is 11.7. The van der Waals surface area contributed by atoms with Gasteiger partial charge < -0.3 is 33.3 Å². The third-order valence-electron chi connectivity index (χ3n) is 11.1. The maximum Gasteiger partial charge on any atom is 0.309 e. The lowest BCUT2D eigenvalue weighted by Crippen LogP contribution is -2.44. The quantitative estimate of drug-likeness (QED) is 0.0195. The number of hydrogen-bond donors (Lipinski definition) is 0. The van der Waals surface area contributed by atoms with Gasteiger partial charge in [0.1, 0.15) is 13.2 Å². The van der Waals surface area contributed by atoms with Gasteiger partial charge in [-0.2, -0.15) is 0 Å². The van der Waals surface area contributed by atoms with Gasteiger partial charge in [0, 0.05) is 6.42 Å². The molecule has 0 aromatic heterocycles. The minimum absolute atomic E-state index is 0.0516. The lowest BCUT2D eigenvalue weighted by Gasteiger charge is -2.26. The molecule has 0 saturated heterocycles. The Hall–Kier alpha value is -4.83. The maximum absolute atomic E-state index is 12.8. The minimum atomic E-state index is -1.65. The third-order valence-corrected chi connectivity index (χ3v) is 11.1. The van der Waals surface area contributed by atoms with E-state index in [0.717, 1.165) is 96.3 Å². The fourth-order valence-electron chi connectivity index (χ4n) is 6.88. The highest BCUT2D eigenvalue weighted by molar-refractivity contribution is 5.71. The summed E-state index contributed by atoms with van der Waals surface area (Å²) in [6.07, 6.45) is 75.0. The average molecular weight is 1010 g/mol.